The smallest absolute Gasteiger partial charge is 0.0970 e. The molecular formula is C16H15Cl2NOS. The molecule has 1 heterocycles. The number of aromatic nitrogens is 1. The predicted octanol–water partition coefficient (Wildman–Crippen LogP) is 5.17. The van der Waals surface area contributed by atoms with Crippen LogP contribution in [-0.2, 0) is 0 Å². The van der Waals surface area contributed by atoms with Crippen LogP contribution in [0.4, 0.5) is 0 Å². The number of aliphatic hydroxyl groups is 1. The maximum absolute atomic E-state index is 10.7. The Morgan fingerprint density at radius 3 is 2.67 bits per heavy atom. The largest absolute Gasteiger partial charge is 0.387 e. The lowest BCUT2D eigenvalue weighted by molar-refractivity contribution is 0.174. The second-order valence-electron chi connectivity index (χ2n) is 4.45. The SMILES string of the molecule is C=Cc1ncccc1C(O)C(SC)c1ccc(Cl)cc1Cl. The number of benzene rings is 1. The molecule has 0 saturated heterocycles. The monoisotopic (exact) mass is 339 g/mol. The third kappa shape index (κ3) is 3.61. The summed E-state index contributed by atoms with van der Waals surface area (Å²) in [7, 11) is 0. The Bertz CT molecular complexity index is 648. The molecule has 0 saturated carbocycles. The number of hydrogen-bond donors (Lipinski definition) is 1. The standard InChI is InChI=1S/C16H15Cl2NOS/c1-3-14-12(5-4-8-19-14)15(20)16(21-2)11-7-6-10(17)9-13(11)18/h3-9,15-16,20H,1H2,2H3. The van der Waals surface area contributed by atoms with Crippen LogP contribution < -0.4 is 0 Å². The second-order valence-corrected chi connectivity index (χ2v) is 6.27. The summed E-state index contributed by atoms with van der Waals surface area (Å²) in [4.78, 5) is 4.22. The van der Waals surface area contributed by atoms with Gasteiger partial charge in [0.25, 0.3) is 0 Å². The van der Waals surface area contributed by atoms with Gasteiger partial charge in [0.05, 0.1) is 17.0 Å². The van der Waals surface area contributed by atoms with E-state index in [1.165, 1.54) is 11.8 Å². The zero-order chi connectivity index (χ0) is 15.4. The lowest BCUT2D eigenvalue weighted by Gasteiger charge is -2.24. The van der Waals surface area contributed by atoms with Gasteiger partial charge in [-0.25, -0.2) is 0 Å². The van der Waals surface area contributed by atoms with Crippen LogP contribution in [0.25, 0.3) is 6.08 Å². The second kappa shape index (κ2) is 7.32. The van der Waals surface area contributed by atoms with E-state index in [0.29, 0.717) is 15.7 Å². The van der Waals surface area contributed by atoms with E-state index in [0.717, 1.165) is 11.1 Å². The fraction of sp³-hybridized carbons (Fsp3) is 0.188. The molecule has 0 aliphatic rings. The van der Waals surface area contributed by atoms with Crippen molar-refractivity contribution in [1.29, 1.82) is 0 Å². The molecule has 0 aliphatic carbocycles. The Balaban J connectivity index is 2.43. The Kier molecular flexibility index (Phi) is 5.71. The highest BCUT2D eigenvalue weighted by Crippen LogP contribution is 2.42. The average molecular weight is 340 g/mol. The lowest BCUT2D eigenvalue weighted by atomic mass is 9.99. The van der Waals surface area contributed by atoms with E-state index in [-0.39, 0.29) is 5.25 Å². The van der Waals surface area contributed by atoms with Crippen molar-refractivity contribution >= 4 is 41.0 Å². The Hall–Kier alpha value is -1.000. The maximum Gasteiger partial charge on any atom is 0.0970 e. The summed E-state index contributed by atoms with van der Waals surface area (Å²) >= 11 is 13.7. The lowest BCUT2D eigenvalue weighted by Crippen LogP contribution is -2.10. The number of pyridine rings is 1. The quantitative estimate of drug-likeness (QED) is 0.815. The fourth-order valence-electron chi connectivity index (χ4n) is 2.17. The molecule has 1 N–H and O–H groups in total. The molecule has 0 bridgehead atoms. The molecule has 2 rings (SSSR count). The summed E-state index contributed by atoms with van der Waals surface area (Å²) in [5.41, 5.74) is 2.26. The van der Waals surface area contributed by atoms with Crippen molar-refractivity contribution in [2.24, 2.45) is 0 Å². The van der Waals surface area contributed by atoms with Gasteiger partial charge >= 0.3 is 0 Å². The normalized spacial score (nSPS) is 13.7. The molecule has 2 nitrogen and oxygen atoms in total. The van der Waals surface area contributed by atoms with E-state index >= 15 is 0 Å². The molecule has 0 spiro atoms. The predicted molar refractivity (Wildman–Crippen MR) is 92.0 cm³/mol. The Morgan fingerprint density at radius 1 is 1.29 bits per heavy atom. The number of halogens is 2. The van der Waals surface area contributed by atoms with Crippen molar-refractivity contribution in [2.75, 3.05) is 6.26 Å². The summed E-state index contributed by atoms with van der Waals surface area (Å²) in [6, 6.07) is 8.95. The highest BCUT2D eigenvalue weighted by molar-refractivity contribution is 7.98. The number of hydrogen-bond acceptors (Lipinski definition) is 3. The van der Waals surface area contributed by atoms with Gasteiger partial charge in [0.15, 0.2) is 0 Å². The third-order valence-corrected chi connectivity index (χ3v) is 4.77. The van der Waals surface area contributed by atoms with Crippen LogP contribution in [0.2, 0.25) is 10.0 Å². The van der Waals surface area contributed by atoms with E-state index in [9.17, 15) is 5.11 Å². The minimum Gasteiger partial charge on any atom is -0.387 e. The van der Waals surface area contributed by atoms with E-state index in [4.69, 9.17) is 23.2 Å². The van der Waals surface area contributed by atoms with Crippen LogP contribution in [0.5, 0.6) is 0 Å². The van der Waals surface area contributed by atoms with E-state index in [2.05, 4.69) is 11.6 Å². The highest BCUT2D eigenvalue weighted by Gasteiger charge is 2.25. The third-order valence-electron chi connectivity index (χ3n) is 3.19. The van der Waals surface area contributed by atoms with Crippen molar-refractivity contribution in [2.45, 2.75) is 11.4 Å². The minimum absolute atomic E-state index is 0.210. The van der Waals surface area contributed by atoms with Crippen LogP contribution in [0, 0.1) is 0 Å². The van der Waals surface area contributed by atoms with Crippen LogP contribution in [-0.4, -0.2) is 16.3 Å². The molecule has 0 amide bonds. The van der Waals surface area contributed by atoms with Crippen LogP contribution in [0.3, 0.4) is 0 Å². The molecule has 0 radical (unpaired) electrons. The molecule has 110 valence electrons. The average Bonchev–Trinajstić information content (AvgIpc) is 2.49. The van der Waals surface area contributed by atoms with Gasteiger partial charge in [0.1, 0.15) is 0 Å². The molecule has 2 atom stereocenters. The van der Waals surface area contributed by atoms with Crippen LogP contribution >= 0.6 is 35.0 Å². The number of aliphatic hydroxyl groups excluding tert-OH is 1. The summed E-state index contributed by atoms with van der Waals surface area (Å²) in [6.07, 6.45) is 4.51. The molecule has 2 aromatic rings. The van der Waals surface area contributed by atoms with Gasteiger partial charge in [-0.2, -0.15) is 11.8 Å². The van der Waals surface area contributed by atoms with E-state index in [1.807, 2.05) is 18.4 Å². The topological polar surface area (TPSA) is 33.1 Å². The van der Waals surface area contributed by atoms with Gasteiger partial charge in [-0.3, -0.25) is 4.98 Å². The first-order valence-corrected chi connectivity index (χ1v) is 8.36. The zero-order valence-electron chi connectivity index (χ0n) is 11.5. The Morgan fingerprint density at radius 2 is 2.05 bits per heavy atom. The van der Waals surface area contributed by atoms with Crippen molar-refractivity contribution < 1.29 is 5.11 Å². The summed E-state index contributed by atoms with van der Waals surface area (Å²) in [6.45, 7) is 3.74. The fourth-order valence-corrected chi connectivity index (χ4v) is 3.63. The van der Waals surface area contributed by atoms with Gasteiger partial charge in [0.2, 0.25) is 0 Å². The molecule has 21 heavy (non-hydrogen) atoms. The van der Waals surface area contributed by atoms with Gasteiger partial charge in [-0.1, -0.05) is 41.9 Å². The van der Waals surface area contributed by atoms with Crippen molar-refractivity contribution in [3.63, 3.8) is 0 Å². The van der Waals surface area contributed by atoms with Crippen molar-refractivity contribution in [3.8, 4) is 0 Å². The first-order chi connectivity index (χ1) is 10.1. The van der Waals surface area contributed by atoms with Gasteiger partial charge in [-0.05, 0) is 36.1 Å². The first-order valence-electron chi connectivity index (χ1n) is 6.31. The Labute approximate surface area is 138 Å². The van der Waals surface area contributed by atoms with Gasteiger partial charge in [0, 0.05) is 21.8 Å². The minimum atomic E-state index is -0.736. The number of rotatable bonds is 5. The van der Waals surface area contributed by atoms with Crippen LogP contribution in [0.15, 0.2) is 43.1 Å². The molecule has 1 aromatic heterocycles. The molecule has 0 fully saturated rings. The van der Waals surface area contributed by atoms with Crippen LogP contribution in [0.1, 0.15) is 28.2 Å². The molecule has 5 heteroatoms. The molecule has 2 unspecified atom stereocenters. The van der Waals surface area contributed by atoms with Gasteiger partial charge in [-0.15, -0.1) is 0 Å². The maximum atomic E-state index is 10.7. The summed E-state index contributed by atoms with van der Waals surface area (Å²) < 4.78 is 0. The van der Waals surface area contributed by atoms with Crippen molar-refractivity contribution in [3.05, 3.63) is 70.0 Å². The molecular weight excluding hydrogens is 325 g/mol. The molecule has 1 aromatic carbocycles. The van der Waals surface area contributed by atoms with E-state index in [1.54, 1.807) is 30.5 Å². The zero-order valence-corrected chi connectivity index (χ0v) is 13.8. The summed E-state index contributed by atoms with van der Waals surface area (Å²) in [5, 5.41) is 11.7. The highest BCUT2D eigenvalue weighted by atomic mass is 35.5. The molecule has 0 aliphatic heterocycles. The van der Waals surface area contributed by atoms with Gasteiger partial charge < -0.3 is 5.11 Å². The number of thioether (sulfide) groups is 1. The first kappa shape index (κ1) is 16.4. The van der Waals surface area contributed by atoms with Crippen molar-refractivity contribution in [1.82, 2.24) is 4.98 Å². The summed E-state index contributed by atoms with van der Waals surface area (Å²) in [5.74, 6) is 0. The number of nitrogens with zero attached hydrogens (tertiary/aromatic N) is 1. The van der Waals surface area contributed by atoms with E-state index < -0.39 is 6.10 Å².